The van der Waals surface area contributed by atoms with Gasteiger partial charge in [0.1, 0.15) is 0 Å². The van der Waals surface area contributed by atoms with Gasteiger partial charge in [0.05, 0.1) is 5.75 Å². The summed E-state index contributed by atoms with van der Waals surface area (Å²) in [5.74, 6) is -0.200. The Bertz CT molecular complexity index is 839. The zero-order chi connectivity index (χ0) is 16.4. The summed E-state index contributed by atoms with van der Waals surface area (Å²) in [6.07, 6.45) is 4.56. The molecule has 4 nitrogen and oxygen atoms in total. The Morgan fingerprint density at radius 3 is 2.43 bits per heavy atom. The van der Waals surface area contributed by atoms with Crippen LogP contribution in [0.2, 0.25) is 0 Å². The SMILES string of the molecule is CS(=O)(=O)Cc1ccc(C(=O)Nc2ccc3c(c2)CCC3)cc1. The smallest absolute Gasteiger partial charge is 0.255 e. The standard InChI is InChI=1S/C18H19NO3S/c1-23(21,22)12-13-5-7-15(8-6-13)18(20)19-17-10-9-14-3-2-4-16(14)11-17/h5-11H,2-4,12H2,1H3,(H,19,20). The lowest BCUT2D eigenvalue weighted by molar-refractivity contribution is 0.102. The van der Waals surface area contributed by atoms with E-state index in [4.69, 9.17) is 0 Å². The quantitative estimate of drug-likeness (QED) is 0.938. The maximum absolute atomic E-state index is 12.3. The van der Waals surface area contributed by atoms with E-state index in [0.29, 0.717) is 11.1 Å². The molecule has 1 amide bonds. The highest BCUT2D eigenvalue weighted by molar-refractivity contribution is 7.89. The van der Waals surface area contributed by atoms with Gasteiger partial charge in [0.2, 0.25) is 0 Å². The number of amides is 1. The van der Waals surface area contributed by atoms with Crippen molar-refractivity contribution in [2.75, 3.05) is 11.6 Å². The predicted octanol–water partition coefficient (Wildman–Crippen LogP) is 2.97. The van der Waals surface area contributed by atoms with Gasteiger partial charge in [0.25, 0.3) is 5.91 Å². The highest BCUT2D eigenvalue weighted by atomic mass is 32.2. The van der Waals surface area contributed by atoms with Gasteiger partial charge in [-0.05, 0) is 60.2 Å². The molecule has 0 unspecified atom stereocenters. The minimum atomic E-state index is -3.07. The summed E-state index contributed by atoms with van der Waals surface area (Å²) in [6, 6.07) is 12.7. The highest BCUT2D eigenvalue weighted by Crippen LogP contribution is 2.25. The van der Waals surface area contributed by atoms with Crippen LogP contribution < -0.4 is 5.32 Å². The Morgan fingerprint density at radius 2 is 1.74 bits per heavy atom. The average Bonchev–Trinajstić information content (AvgIpc) is 2.94. The molecule has 0 saturated carbocycles. The third-order valence-electron chi connectivity index (χ3n) is 4.00. The third kappa shape index (κ3) is 3.99. The third-order valence-corrected chi connectivity index (χ3v) is 4.86. The molecule has 0 fully saturated rings. The van der Waals surface area contributed by atoms with Crippen LogP contribution in [-0.2, 0) is 28.4 Å². The number of sulfone groups is 1. The van der Waals surface area contributed by atoms with Crippen molar-refractivity contribution in [3.05, 3.63) is 64.7 Å². The summed E-state index contributed by atoms with van der Waals surface area (Å²) in [7, 11) is -3.07. The topological polar surface area (TPSA) is 63.2 Å². The summed E-state index contributed by atoms with van der Waals surface area (Å²) in [5.41, 5.74) is 4.68. The van der Waals surface area contributed by atoms with E-state index in [-0.39, 0.29) is 11.7 Å². The normalized spacial score (nSPS) is 13.6. The van der Waals surface area contributed by atoms with Gasteiger partial charge in [-0.3, -0.25) is 4.79 Å². The molecule has 23 heavy (non-hydrogen) atoms. The van der Waals surface area contributed by atoms with E-state index in [9.17, 15) is 13.2 Å². The zero-order valence-corrected chi connectivity index (χ0v) is 13.8. The number of carbonyl (C=O) groups is 1. The van der Waals surface area contributed by atoms with Crippen LogP contribution in [0.1, 0.15) is 33.5 Å². The van der Waals surface area contributed by atoms with E-state index in [1.54, 1.807) is 24.3 Å². The Morgan fingerprint density at radius 1 is 1.04 bits per heavy atom. The fourth-order valence-corrected chi connectivity index (χ4v) is 3.71. The maximum Gasteiger partial charge on any atom is 0.255 e. The van der Waals surface area contributed by atoms with Crippen LogP contribution in [0.5, 0.6) is 0 Å². The molecule has 2 aromatic carbocycles. The molecule has 0 aliphatic heterocycles. The molecule has 1 aliphatic carbocycles. The van der Waals surface area contributed by atoms with E-state index in [2.05, 4.69) is 11.4 Å². The molecule has 0 saturated heterocycles. The summed E-state index contributed by atoms with van der Waals surface area (Å²) in [6.45, 7) is 0. The van der Waals surface area contributed by atoms with Crippen molar-refractivity contribution in [1.29, 1.82) is 0 Å². The van der Waals surface area contributed by atoms with E-state index in [1.165, 1.54) is 23.8 Å². The van der Waals surface area contributed by atoms with Gasteiger partial charge < -0.3 is 5.32 Å². The molecule has 1 aliphatic rings. The Hall–Kier alpha value is -2.14. The van der Waals surface area contributed by atoms with Crippen LogP contribution in [0.15, 0.2) is 42.5 Å². The lowest BCUT2D eigenvalue weighted by atomic mass is 10.1. The monoisotopic (exact) mass is 329 g/mol. The largest absolute Gasteiger partial charge is 0.322 e. The lowest BCUT2D eigenvalue weighted by Gasteiger charge is -2.08. The first kappa shape index (κ1) is 15.7. The van der Waals surface area contributed by atoms with Crippen LogP contribution in [0, 0.1) is 0 Å². The molecule has 0 atom stereocenters. The van der Waals surface area contributed by atoms with Crippen molar-refractivity contribution >= 4 is 21.4 Å². The second kappa shape index (κ2) is 6.16. The molecule has 0 bridgehead atoms. The van der Waals surface area contributed by atoms with E-state index in [1.807, 2.05) is 12.1 Å². The number of hydrogen-bond donors (Lipinski definition) is 1. The van der Waals surface area contributed by atoms with E-state index < -0.39 is 9.84 Å². The predicted molar refractivity (Wildman–Crippen MR) is 91.4 cm³/mol. The number of nitrogens with one attached hydrogen (secondary N) is 1. The van der Waals surface area contributed by atoms with Gasteiger partial charge in [0.15, 0.2) is 9.84 Å². The number of carbonyl (C=O) groups excluding carboxylic acids is 1. The number of benzene rings is 2. The van der Waals surface area contributed by atoms with Crippen LogP contribution in [0.4, 0.5) is 5.69 Å². The number of fused-ring (bicyclic) bond motifs is 1. The van der Waals surface area contributed by atoms with E-state index in [0.717, 1.165) is 18.5 Å². The molecule has 3 rings (SSSR count). The van der Waals surface area contributed by atoms with Gasteiger partial charge >= 0.3 is 0 Å². The lowest BCUT2D eigenvalue weighted by Crippen LogP contribution is -2.12. The van der Waals surface area contributed by atoms with Gasteiger partial charge in [-0.15, -0.1) is 0 Å². The van der Waals surface area contributed by atoms with Crippen molar-refractivity contribution in [2.45, 2.75) is 25.0 Å². The fraction of sp³-hybridized carbons (Fsp3) is 0.278. The van der Waals surface area contributed by atoms with Gasteiger partial charge in [0, 0.05) is 17.5 Å². The Balaban J connectivity index is 1.71. The first-order chi connectivity index (χ1) is 10.9. The second-order valence-electron chi connectivity index (χ2n) is 6.06. The van der Waals surface area contributed by atoms with Crippen LogP contribution in [-0.4, -0.2) is 20.6 Å². The van der Waals surface area contributed by atoms with Crippen LogP contribution >= 0.6 is 0 Å². The summed E-state index contributed by atoms with van der Waals surface area (Å²) >= 11 is 0. The van der Waals surface area contributed by atoms with Crippen molar-refractivity contribution < 1.29 is 13.2 Å². The molecule has 5 heteroatoms. The van der Waals surface area contributed by atoms with Crippen LogP contribution in [0.3, 0.4) is 0 Å². The van der Waals surface area contributed by atoms with Gasteiger partial charge in [-0.25, -0.2) is 8.42 Å². The number of aryl methyl sites for hydroxylation is 2. The molecule has 120 valence electrons. The number of hydrogen-bond acceptors (Lipinski definition) is 3. The van der Waals surface area contributed by atoms with Crippen molar-refractivity contribution in [1.82, 2.24) is 0 Å². The molecule has 0 radical (unpaired) electrons. The second-order valence-corrected chi connectivity index (χ2v) is 8.20. The first-order valence-corrected chi connectivity index (χ1v) is 9.66. The maximum atomic E-state index is 12.3. The first-order valence-electron chi connectivity index (χ1n) is 7.60. The molecule has 0 spiro atoms. The van der Waals surface area contributed by atoms with Gasteiger partial charge in [-0.2, -0.15) is 0 Å². The van der Waals surface area contributed by atoms with Crippen LogP contribution in [0.25, 0.3) is 0 Å². The van der Waals surface area contributed by atoms with Crippen molar-refractivity contribution in [3.63, 3.8) is 0 Å². The molecular formula is C18H19NO3S. The van der Waals surface area contributed by atoms with Crippen molar-refractivity contribution in [3.8, 4) is 0 Å². The average molecular weight is 329 g/mol. The molecule has 0 aromatic heterocycles. The minimum absolute atomic E-state index is 0.0142. The fourth-order valence-electron chi connectivity index (χ4n) is 2.91. The minimum Gasteiger partial charge on any atom is -0.322 e. The zero-order valence-electron chi connectivity index (χ0n) is 13.0. The van der Waals surface area contributed by atoms with Crippen molar-refractivity contribution in [2.24, 2.45) is 0 Å². The number of rotatable bonds is 4. The highest BCUT2D eigenvalue weighted by Gasteiger charge is 2.13. The number of anilines is 1. The van der Waals surface area contributed by atoms with Gasteiger partial charge in [-0.1, -0.05) is 18.2 Å². The molecule has 1 N–H and O–H groups in total. The summed E-state index contributed by atoms with van der Waals surface area (Å²) < 4.78 is 22.5. The Kier molecular flexibility index (Phi) is 4.22. The Labute approximate surface area is 136 Å². The molecule has 2 aromatic rings. The molecule has 0 heterocycles. The summed E-state index contributed by atoms with van der Waals surface area (Å²) in [5, 5.41) is 2.90. The summed E-state index contributed by atoms with van der Waals surface area (Å²) in [4.78, 5) is 12.3. The van der Waals surface area contributed by atoms with E-state index >= 15 is 0 Å². The molecular weight excluding hydrogens is 310 g/mol.